The van der Waals surface area contributed by atoms with Gasteiger partial charge in [0.15, 0.2) is 5.69 Å². The summed E-state index contributed by atoms with van der Waals surface area (Å²) in [5.74, 6) is 5.63. The zero-order chi connectivity index (χ0) is 15.9. The van der Waals surface area contributed by atoms with Crippen molar-refractivity contribution >= 4 is 22.5 Å². The Labute approximate surface area is 130 Å². The number of aromatic nitrogens is 2. The lowest BCUT2D eigenvalue weighted by molar-refractivity contribution is 0.0949. The maximum absolute atomic E-state index is 12.1. The molecule has 0 spiro atoms. The van der Waals surface area contributed by atoms with Gasteiger partial charge in [-0.3, -0.25) is 4.79 Å². The highest BCUT2D eigenvalue weighted by molar-refractivity contribution is 6.04. The molecule has 1 aromatic heterocycles. The Morgan fingerprint density at radius 3 is 2.91 bits per heavy atom. The lowest BCUT2D eigenvalue weighted by atomic mass is 10.0. The molecule has 5 heteroatoms. The molecule has 0 unspecified atom stereocenters. The van der Waals surface area contributed by atoms with Crippen LogP contribution < -0.4 is 11.1 Å². The van der Waals surface area contributed by atoms with Crippen molar-refractivity contribution in [2.45, 2.75) is 33.1 Å². The van der Waals surface area contributed by atoms with Crippen LogP contribution in [0.3, 0.4) is 0 Å². The summed E-state index contributed by atoms with van der Waals surface area (Å²) in [5, 5.41) is 11.8. The summed E-state index contributed by atoms with van der Waals surface area (Å²) in [7, 11) is 0. The third-order valence-corrected chi connectivity index (χ3v) is 3.36. The minimum absolute atomic E-state index is 0.187. The molecule has 3 N–H and O–H groups in total. The first-order valence-corrected chi connectivity index (χ1v) is 7.40. The van der Waals surface area contributed by atoms with E-state index >= 15 is 0 Å². The number of benzene rings is 1. The molecule has 114 valence electrons. The number of aryl methyl sites for hydroxylation is 1. The Morgan fingerprint density at radius 2 is 2.18 bits per heavy atom. The molecular weight excluding hydrogens is 276 g/mol. The zero-order valence-electron chi connectivity index (χ0n) is 12.9. The Hall–Kier alpha value is -2.61. The molecule has 22 heavy (non-hydrogen) atoms. The van der Waals surface area contributed by atoms with Crippen LogP contribution >= 0.6 is 0 Å². The standard InChI is InChI=1S/C17H20N4O/c1-3-5-6-8-12-9-7-10-13-14(18)16(21-20-15(12)13)17(22)19-11-4-2/h7,9-10H,4,6,8,11H2,1-2H3,(H2,18,20)(H,19,22). The van der Waals surface area contributed by atoms with Gasteiger partial charge in [-0.15, -0.1) is 22.0 Å². The van der Waals surface area contributed by atoms with E-state index in [-0.39, 0.29) is 11.6 Å². The van der Waals surface area contributed by atoms with Crippen LogP contribution in [0.15, 0.2) is 18.2 Å². The molecule has 0 bridgehead atoms. The van der Waals surface area contributed by atoms with E-state index in [1.165, 1.54) is 0 Å². The van der Waals surface area contributed by atoms with Crippen molar-refractivity contribution in [2.75, 3.05) is 12.3 Å². The predicted molar refractivity (Wildman–Crippen MR) is 88.3 cm³/mol. The van der Waals surface area contributed by atoms with Crippen molar-refractivity contribution in [3.05, 3.63) is 29.5 Å². The van der Waals surface area contributed by atoms with Gasteiger partial charge in [-0.25, -0.2) is 0 Å². The minimum atomic E-state index is -0.281. The molecule has 0 saturated carbocycles. The van der Waals surface area contributed by atoms with Crippen molar-refractivity contribution < 1.29 is 4.79 Å². The number of nitrogens with two attached hydrogens (primary N) is 1. The fourth-order valence-electron chi connectivity index (χ4n) is 2.22. The molecule has 0 atom stereocenters. The van der Waals surface area contributed by atoms with Crippen LogP contribution in [0.2, 0.25) is 0 Å². The van der Waals surface area contributed by atoms with Crippen LogP contribution in [0.1, 0.15) is 42.7 Å². The van der Waals surface area contributed by atoms with Crippen molar-refractivity contribution in [3.8, 4) is 11.8 Å². The topological polar surface area (TPSA) is 80.9 Å². The molecule has 0 saturated heterocycles. The van der Waals surface area contributed by atoms with E-state index in [4.69, 9.17) is 5.73 Å². The van der Waals surface area contributed by atoms with Gasteiger partial charge in [0.25, 0.3) is 5.91 Å². The largest absolute Gasteiger partial charge is 0.396 e. The normalized spacial score (nSPS) is 10.1. The maximum atomic E-state index is 12.1. The second-order valence-electron chi connectivity index (χ2n) is 4.96. The van der Waals surface area contributed by atoms with Gasteiger partial charge >= 0.3 is 0 Å². The summed E-state index contributed by atoms with van der Waals surface area (Å²) in [6.45, 7) is 4.40. The number of nitrogen functional groups attached to an aromatic ring is 1. The highest BCUT2D eigenvalue weighted by Gasteiger charge is 2.16. The smallest absolute Gasteiger partial charge is 0.273 e. The number of fused-ring (bicyclic) bond motifs is 1. The van der Waals surface area contributed by atoms with E-state index in [0.29, 0.717) is 12.2 Å². The maximum Gasteiger partial charge on any atom is 0.273 e. The SMILES string of the molecule is CC#CCCc1cccc2c(N)c(C(=O)NCCC)nnc12. The molecule has 0 radical (unpaired) electrons. The average molecular weight is 296 g/mol. The van der Waals surface area contributed by atoms with Gasteiger partial charge < -0.3 is 11.1 Å². The molecule has 1 heterocycles. The van der Waals surface area contributed by atoms with Crippen LogP contribution in [-0.4, -0.2) is 22.6 Å². The van der Waals surface area contributed by atoms with Crippen molar-refractivity contribution in [1.82, 2.24) is 15.5 Å². The summed E-state index contributed by atoms with van der Waals surface area (Å²) in [4.78, 5) is 12.1. The number of rotatable bonds is 5. The van der Waals surface area contributed by atoms with Crippen LogP contribution in [-0.2, 0) is 6.42 Å². The van der Waals surface area contributed by atoms with Crippen LogP contribution in [0.25, 0.3) is 10.9 Å². The number of carbonyl (C=O) groups is 1. The highest BCUT2D eigenvalue weighted by atomic mass is 16.1. The molecule has 5 nitrogen and oxygen atoms in total. The van der Waals surface area contributed by atoms with Gasteiger partial charge in [0.05, 0.1) is 11.2 Å². The number of nitrogens with zero attached hydrogens (tertiary/aromatic N) is 2. The van der Waals surface area contributed by atoms with E-state index in [0.717, 1.165) is 35.7 Å². The molecule has 0 aliphatic rings. The quantitative estimate of drug-likeness (QED) is 0.830. The molecule has 0 aliphatic heterocycles. The third-order valence-electron chi connectivity index (χ3n) is 3.36. The van der Waals surface area contributed by atoms with E-state index in [1.807, 2.05) is 32.0 Å². The van der Waals surface area contributed by atoms with Crippen molar-refractivity contribution in [3.63, 3.8) is 0 Å². The fourth-order valence-corrected chi connectivity index (χ4v) is 2.22. The van der Waals surface area contributed by atoms with Gasteiger partial charge in [-0.2, -0.15) is 0 Å². The van der Waals surface area contributed by atoms with Gasteiger partial charge in [0.2, 0.25) is 0 Å². The van der Waals surface area contributed by atoms with E-state index in [2.05, 4.69) is 27.4 Å². The summed E-state index contributed by atoms with van der Waals surface area (Å²) in [5.41, 5.74) is 8.47. The van der Waals surface area contributed by atoms with Gasteiger partial charge in [-0.05, 0) is 25.3 Å². The molecule has 2 aromatic rings. The Balaban J connectivity index is 2.39. The second-order valence-corrected chi connectivity index (χ2v) is 4.96. The lowest BCUT2D eigenvalue weighted by Gasteiger charge is -2.09. The van der Waals surface area contributed by atoms with E-state index < -0.39 is 0 Å². The van der Waals surface area contributed by atoms with Crippen LogP contribution in [0.4, 0.5) is 5.69 Å². The Kier molecular flexibility index (Phi) is 5.31. The number of hydrogen-bond acceptors (Lipinski definition) is 4. The zero-order valence-corrected chi connectivity index (χ0v) is 12.9. The average Bonchev–Trinajstić information content (AvgIpc) is 2.53. The fraction of sp³-hybridized carbons (Fsp3) is 0.353. The molecule has 0 fully saturated rings. The predicted octanol–water partition coefficient (Wildman–Crippen LogP) is 2.31. The van der Waals surface area contributed by atoms with Crippen molar-refractivity contribution in [1.29, 1.82) is 0 Å². The second kappa shape index (κ2) is 7.41. The number of amides is 1. The summed E-state index contributed by atoms with van der Waals surface area (Å²) < 4.78 is 0. The van der Waals surface area contributed by atoms with Gasteiger partial charge in [-0.1, -0.05) is 25.1 Å². The number of carbonyl (C=O) groups excluding carboxylic acids is 1. The van der Waals surface area contributed by atoms with Crippen LogP contribution in [0, 0.1) is 11.8 Å². The van der Waals surface area contributed by atoms with Gasteiger partial charge in [0, 0.05) is 18.4 Å². The first kappa shape index (κ1) is 15.8. The first-order chi connectivity index (χ1) is 10.7. The molecule has 1 amide bonds. The third kappa shape index (κ3) is 3.34. The number of hydrogen-bond donors (Lipinski definition) is 2. The Morgan fingerprint density at radius 1 is 1.36 bits per heavy atom. The van der Waals surface area contributed by atoms with Crippen LogP contribution in [0.5, 0.6) is 0 Å². The Bertz CT molecular complexity index is 743. The summed E-state index contributed by atoms with van der Waals surface area (Å²) in [6, 6.07) is 5.78. The number of anilines is 1. The summed E-state index contributed by atoms with van der Waals surface area (Å²) in [6.07, 6.45) is 2.40. The molecular formula is C17H20N4O. The van der Waals surface area contributed by atoms with Gasteiger partial charge in [0.1, 0.15) is 0 Å². The summed E-state index contributed by atoms with van der Waals surface area (Å²) >= 11 is 0. The molecule has 1 aromatic carbocycles. The monoisotopic (exact) mass is 296 g/mol. The van der Waals surface area contributed by atoms with E-state index in [9.17, 15) is 4.79 Å². The van der Waals surface area contributed by atoms with Crippen molar-refractivity contribution in [2.24, 2.45) is 0 Å². The van der Waals surface area contributed by atoms with E-state index in [1.54, 1.807) is 0 Å². The highest BCUT2D eigenvalue weighted by Crippen LogP contribution is 2.24. The number of nitrogens with one attached hydrogen (secondary N) is 1. The molecule has 2 rings (SSSR count). The molecule has 0 aliphatic carbocycles. The lowest BCUT2D eigenvalue weighted by Crippen LogP contribution is -2.26. The first-order valence-electron chi connectivity index (χ1n) is 7.40. The minimum Gasteiger partial charge on any atom is -0.396 e.